The molecule has 14 heavy (non-hydrogen) atoms. The van der Waals surface area contributed by atoms with E-state index in [1.807, 2.05) is 13.0 Å². The Morgan fingerprint density at radius 2 is 2.29 bits per heavy atom. The summed E-state index contributed by atoms with van der Waals surface area (Å²) in [6.07, 6.45) is 1.55. The average molecular weight is 192 g/mol. The zero-order valence-electron chi connectivity index (χ0n) is 7.99. The highest BCUT2D eigenvalue weighted by Gasteiger charge is 2.27. The number of fused-ring (bicyclic) bond motifs is 1. The predicted octanol–water partition coefficient (Wildman–Crippen LogP) is 1.85. The number of aryl methyl sites for hydroxylation is 1. The lowest BCUT2D eigenvalue weighted by atomic mass is 10.0. The zero-order valence-corrected chi connectivity index (χ0v) is 7.99. The Balaban J connectivity index is 2.63. The van der Waals surface area contributed by atoms with E-state index in [0.717, 1.165) is 29.5 Å². The summed E-state index contributed by atoms with van der Waals surface area (Å²) in [4.78, 5) is 10.5. The molecule has 0 fully saturated rings. The van der Waals surface area contributed by atoms with Gasteiger partial charge in [-0.3, -0.25) is 10.1 Å². The Bertz CT molecular complexity index is 401. The average Bonchev–Trinajstić information content (AvgIpc) is 2.47. The van der Waals surface area contributed by atoms with E-state index in [0.29, 0.717) is 0 Å². The van der Waals surface area contributed by atoms with Crippen LogP contribution in [0.4, 0.5) is 5.69 Å². The third kappa shape index (κ3) is 1.28. The predicted molar refractivity (Wildman–Crippen MR) is 53.1 cm³/mol. The second kappa shape index (κ2) is 3.06. The van der Waals surface area contributed by atoms with Crippen LogP contribution in [0.2, 0.25) is 0 Å². The van der Waals surface area contributed by atoms with Crippen LogP contribution >= 0.6 is 0 Å². The lowest BCUT2D eigenvalue weighted by molar-refractivity contribution is -0.385. The van der Waals surface area contributed by atoms with Crippen molar-refractivity contribution in [3.63, 3.8) is 0 Å². The first-order valence-corrected chi connectivity index (χ1v) is 4.63. The first-order valence-electron chi connectivity index (χ1n) is 4.63. The molecule has 4 heteroatoms. The van der Waals surface area contributed by atoms with E-state index in [2.05, 4.69) is 0 Å². The molecule has 1 aromatic rings. The van der Waals surface area contributed by atoms with E-state index in [9.17, 15) is 10.1 Å². The lowest BCUT2D eigenvalue weighted by Gasteiger charge is -2.06. The molecule has 0 unspecified atom stereocenters. The number of nitro groups is 1. The molecule has 74 valence electrons. The normalized spacial score (nSPS) is 19.4. The van der Waals surface area contributed by atoms with Crippen LogP contribution in [0.3, 0.4) is 0 Å². The third-order valence-corrected chi connectivity index (χ3v) is 2.71. The largest absolute Gasteiger partial charge is 0.324 e. The SMILES string of the molecule is Cc1cc2c(c([N+](=O)[O-])c1)CC[C@H]2N. The van der Waals surface area contributed by atoms with Crippen molar-refractivity contribution < 1.29 is 4.92 Å². The molecule has 1 aliphatic carbocycles. The summed E-state index contributed by atoms with van der Waals surface area (Å²) in [7, 11) is 0. The van der Waals surface area contributed by atoms with Crippen molar-refractivity contribution in [1.29, 1.82) is 0 Å². The van der Waals surface area contributed by atoms with Crippen LogP contribution in [-0.4, -0.2) is 4.92 Å². The molecular weight excluding hydrogens is 180 g/mol. The van der Waals surface area contributed by atoms with Crippen LogP contribution in [0.1, 0.15) is 29.2 Å². The van der Waals surface area contributed by atoms with Crippen molar-refractivity contribution in [1.82, 2.24) is 0 Å². The summed E-state index contributed by atoms with van der Waals surface area (Å²) in [5, 5.41) is 10.8. The molecule has 4 nitrogen and oxygen atoms in total. The van der Waals surface area contributed by atoms with Crippen molar-refractivity contribution in [2.45, 2.75) is 25.8 Å². The fraction of sp³-hybridized carbons (Fsp3) is 0.400. The van der Waals surface area contributed by atoms with E-state index >= 15 is 0 Å². The van der Waals surface area contributed by atoms with Gasteiger partial charge in [0.15, 0.2) is 0 Å². The van der Waals surface area contributed by atoms with Gasteiger partial charge < -0.3 is 5.73 Å². The zero-order chi connectivity index (χ0) is 10.3. The number of nitrogens with two attached hydrogens (primary N) is 1. The van der Waals surface area contributed by atoms with Gasteiger partial charge in [0.25, 0.3) is 5.69 Å². The van der Waals surface area contributed by atoms with Crippen LogP contribution in [0.15, 0.2) is 12.1 Å². The molecule has 0 heterocycles. The molecule has 0 spiro atoms. The lowest BCUT2D eigenvalue weighted by Crippen LogP contribution is -2.05. The number of rotatable bonds is 1. The van der Waals surface area contributed by atoms with Crippen molar-refractivity contribution >= 4 is 5.69 Å². The van der Waals surface area contributed by atoms with Gasteiger partial charge in [-0.2, -0.15) is 0 Å². The van der Waals surface area contributed by atoms with Crippen LogP contribution in [0.5, 0.6) is 0 Å². The summed E-state index contributed by atoms with van der Waals surface area (Å²) in [5.74, 6) is 0. The Labute approximate surface area is 81.9 Å². The highest BCUT2D eigenvalue weighted by atomic mass is 16.6. The molecule has 0 amide bonds. The Morgan fingerprint density at radius 3 is 2.93 bits per heavy atom. The first-order chi connectivity index (χ1) is 6.59. The monoisotopic (exact) mass is 192 g/mol. The van der Waals surface area contributed by atoms with Gasteiger partial charge in [-0.25, -0.2) is 0 Å². The Morgan fingerprint density at radius 1 is 1.57 bits per heavy atom. The second-order valence-electron chi connectivity index (χ2n) is 3.75. The van der Waals surface area contributed by atoms with Gasteiger partial charge in [0.05, 0.1) is 4.92 Å². The summed E-state index contributed by atoms with van der Waals surface area (Å²) < 4.78 is 0. The second-order valence-corrected chi connectivity index (χ2v) is 3.75. The molecule has 1 atom stereocenters. The maximum absolute atomic E-state index is 10.8. The van der Waals surface area contributed by atoms with Gasteiger partial charge in [-0.05, 0) is 30.9 Å². The van der Waals surface area contributed by atoms with Gasteiger partial charge in [0.2, 0.25) is 0 Å². The summed E-state index contributed by atoms with van der Waals surface area (Å²) in [6, 6.07) is 3.56. The van der Waals surface area contributed by atoms with E-state index in [-0.39, 0.29) is 16.7 Å². The van der Waals surface area contributed by atoms with Crippen molar-refractivity contribution in [3.8, 4) is 0 Å². The maximum Gasteiger partial charge on any atom is 0.273 e. The van der Waals surface area contributed by atoms with Gasteiger partial charge in [-0.1, -0.05) is 6.07 Å². The summed E-state index contributed by atoms with van der Waals surface area (Å²) in [5.41, 5.74) is 8.78. The molecule has 0 aromatic heterocycles. The topological polar surface area (TPSA) is 69.2 Å². The van der Waals surface area contributed by atoms with Crippen LogP contribution in [-0.2, 0) is 6.42 Å². The van der Waals surface area contributed by atoms with E-state index < -0.39 is 0 Å². The Kier molecular flexibility index (Phi) is 2.00. The fourth-order valence-electron chi connectivity index (χ4n) is 2.05. The highest BCUT2D eigenvalue weighted by Crippen LogP contribution is 2.36. The summed E-state index contributed by atoms with van der Waals surface area (Å²) >= 11 is 0. The smallest absolute Gasteiger partial charge is 0.273 e. The van der Waals surface area contributed by atoms with Gasteiger partial charge in [0, 0.05) is 17.7 Å². The minimum absolute atomic E-state index is 0.0244. The van der Waals surface area contributed by atoms with Gasteiger partial charge >= 0.3 is 0 Å². The summed E-state index contributed by atoms with van der Waals surface area (Å²) in [6.45, 7) is 1.86. The third-order valence-electron chi connectivity index (χ3n) is 2.71. The number of nitro benzene ring substituents is 1. The van der Waals surface area contributed by atoms with E-state index in [1.54, 1.807) is 6.07 Å². The van der Waals surface area contributed by atoms with Crippen molar-refractivity contribution in [2.75, 3.05) is 0 Å². The first kappa shape index (κ1) is 9.15. The molecule has 1 aliphatic rings. The number of benzene rings is 1. The fourth-order valence-corrected chi connectivity index (χ4v) is 2.05. The quantitative estimate of drug-likeness (QED) is 0.545. The molecule has 0 aliphatic heterocycles. The molecule has 1 aromatic carbocycles. The minimum Gasteiger partial charge on any atom is -0.324 e. The number of hydrogen-bond donors (Lipinski definition) is 1. The van der Waals surface area contributed by atoms with E-state index in [1.165, 1.54) is 0 Å². The van der Waals surface area contributed by atoms with Crippen molar-refractivity contribution in [3.05, 3.63) is 38.9 Å². The molecule has 2 N–H and O–H groups in total. The molecule has 0 radical (unpaired) electrons. The number of hydrogen-bond acceptors (Lipinski definition) is 3. The minimum atomic E-state index is -0.316. The molecule has 0 saturated heterocycles. The standard InChI is InChI=1S/C10H12N2O2/c1-6-4-8-7(2-3-9(8)11)10(5-6)12(13)14/h4-5,9H,2-3,11H2,1H3/t9-/m1/s1. The highest BCUT2D eigenvalue weighted by molar-refractivity contribution is 5.51. The number of nitrogens with zero attached hydrogens (tertiary/aromatic N) is 1. The van der Waals surface area contributed by atoms with E-state index in [4.69, 9.17) is 5.73 Å². The van der Waals surface area contributed by atoms with Crippen molar-refractivity contribution in [2.24, 2.45) is 5.73 Å². The van der Waals surface area contributed by atoms with Gasteiger partial charge in [0.1, 0.15) is 0 Å². The molecular formula is C10H12N2O2. The van der Waals surface area contributed by atoms with Gasteiger partial charge in [-0.15, -0.1) is 0 Å². The maximum atomic E-state index is 10.8. The Hall–Kier alpha value is -1.42. The molecule has 0 bridgehead atoms. The van der Waals surface area contributed by atoms with Crippen LogP contribution in [0.25, 0.3) is 0 Å². The van der Waals surface area contributed by atoms with Crippen LogP contribution < -0.4 is 5.73 Å². The van der Waals surface area contributed by atoms with Crippen LogP contribution in [0, 0.1) is 17.0 Å². The molecule has 0 saturated carbocycles. The molecule has 2 rings (SSSR count).